The minimum atomic E-state index is 0.384. The van der Waals surface area contributed by atoms with Crippen molar-refractivity contribution in [3.05, 3.63) is 54.4 Å². The lowest BCUT2D eigenvalue weighted by molar-refractivity contribution is 0.399. The molecule has 146 valence electrons. The van der Waals surface area contributed by atoms with E-state index < -0.39 is 0 Å². The monoisotopic (exact) mass is 405 g/mol. The molecule has 1 fully saturated rings. The molecule has 1 aliphatic heterocycles. The maximum absolute atomic E-state index is 5.96. The Bertz CT molecular complexity index is 1100. The van der Waals surface area contributed by atoms with Crippen molar-refractivity contribution in [2.75, 3.05) is 29.5 Å². The third-order valence-electron chi connectivity index (χ3n) is 4.88. The first-order valence-corrected chi connectivity index (χ1v) is 10.6. The number of pyridine rings is 1. The number of anilines is 1. The van der Waals surface area contributed by atoms with Crippen molar-refractivity contribution < 1.29 is 8.94 Å². The molecule has 3 aromatic heterocycles. The van der Waals surface area contributed by atoms with E-state index in [2.05, 4.69) is 25.2 Å². The summed E-state index contributed by atoms with van der Waals surface area (Å²) in [5.41, 5.74) is 3.12. The number of rotatable bonds is 4. The Morgan fingerprint density at radius 1 is 0.931 bits per heavy atom. The van der Waals surface area contributed by atoms with E-state index in [0.29, 0.717) is 28.8 Å². The van der Waals surface area contributed by atoms with E-state index in [4.69, 9.17) is 8.94 Å². The number of aryl methyl sites for hydroxylation is 1. The zero-order chi connectivity index (χ0) is 19.6. The third kappa shape index (κ3) is 3.51. The fraction of sp³-hybridized carbons (Fsp3) is 0.238. The van der Waals surface area contributed by atoms with Gasteiger partial charge in [0.2, 0.25) is 5.89 Å². The number of thioether (sulfide) groups is 1. The number of hydrogen-bond acceptors (Lipinski definition) is 8. The Morgan fingerprint density at radius 2 is 1.72 bits per heavy atom. The van der Waals surface area contributed by atoms with Crippen LogP contribution in [0.25, 0.3) is 34.2 Å². The van der Waals surface area contributed by atoms with Crippen molar-refractivity contribution in [3.8, 4) is 34.2 Å². The van der Waals surface area contributed by atoms with Gasteiger partial charge in [0.25, 0.3) is 5.89 Å². The van der Waals surface area contributed by atoms with Crippen molar-refractivity contribution >= 4 is 17.6 Å². The topological polar surface area (TPSA) is 81.1 Å². The zero-order valence-electron chi connectivity index (χ0n) is 15.9. The van der Waals surface area contributed by atoms with Crippen LogP contribution in [-0.4, -0.2) is 44.9 Å². The maximum atomic E-state index is 5.96. The maximum Gasteiger partial charge on any atom is 0.254 e. The molecule has 0 N–H and O–H groups in total. The van der Waals surface area contributed by atoms with E-state index >= 15 is 0 Å². The van der Waals surface area contributed by atoms with E-state index in [1.165, 1.54) is 0 Å². The summed E-state index contributed by atoms with van der Waals surface area (Å²) in [4.78, 5) is 6.89. The van der Waals surface area contributed by atoms with Gasteiger partial charge in [-0.25, -0.2) is 4.98 Å². The van der Waals surface area contributed by atoms with E-state index in [1.807, 2.05) is 61.2 Å². The van der Waals surface area contributed by atoms with Crippen LogP contribution in [0.5, 0.6) is 0 Å². The second-order valence-electron chi connectivity index (χ2n) is 6.75. The van der Waals surface area contributed by atoms with Gasteiger partial charge < -0.3 is 13.8 Å². The predicted octanol–water partition coefficient (Wildman–Crippen LogP) is 4.32. The van der Waals surface area contributed by atoms with Gasteiger partial charge in [-0.05, 0) is 19.1 Å². The van der Waals surface area contributed by atoms with Crippen molar-refractivity contribution in [3.63, 3.8) is 0 Å². The van der Waals surface area contributed by atoms with E-state index in [0.717, 1.165) is 41.5 Å². The molecule has 4 heterocycles. The summed E-state index contributed by atoms with van der Waals surface area (Å²) in [6.07, 6.45) is 1.78. The average molecular weight is 405 g/mol. The van der Waals surface area contributed by atoms with Gasteiger partial charge in [0.1, 0.15) is 22.8 Å². The Kier molecular flexibility index (Phi) is 4.77. The lowest BCUT2D eigenvalue weighted by Crippen LogP contribution is -2.32. The Labute approximate surface area is 172 Å². The van der Waals surface area contributed by atoms with Crippen LogP contribution in [0.1, 0.15) is 5.76 Å². The lowest BCUT2D eigenvalue weighted by Gasteiger charge is -2.27. The highest BCUT2D eigenvalue weighted by Crippen LogP contribution is 2.34. The Balaban J connectivity index is 1.44. The van der Waals surface area contributed by atoms with Gasteiger partial charge in [-0.3, -0.25) is 0 Å². The summed E-state index contributed by atoms with van der Waals surface area (Å²) >= 11 is 1.98. The number of aromatic nitrogens is 4. The normalized spacial score (nSPS) is 14.3. The number of benzene rings is 1. The van der Waals surface area contributed by atoms with Crippen LogP contribution in [-0.2, 0) is 0 Å². The first-order valence-electron chi connectivity index (χ1n) is 9.44. The fourth-order valence-corrected chi connectivity index (χ4v) is 4.25. The molecular formula is C21H19N5O2S. The quantitative estimate of drug-likeness (QED) is 0.497. The smallest absolute Gasteiger partial charge is 0.254 e. The first kappa shape index (κ1) is 17.9. The minimum Gasteiger partial charge on any atom is -0.416 e. The SMILES string of the molecule is Cc1onc(-c2ccccc2)c1-c1nnc(-c2ccc(N3CCSCC3)nc2)o1. The van der Waals surface area contributed by atoms with Gasteiger partial charge in [-0.1, -0.05) is 35.5 Å². The van der Waals surface area contributed by atoms with Gasteiger partial charge in [0.15, 0.2) is 0 Å². The molecule has 1 aromatic carbocycles. The van der Waals surface area contributed by atoms with Crippen LogP contribution in [0.2, 0.25) is 0 Å². The molecule has 1 aliphatic rings. The molecular weight excluding hydrogens is 386 g/mol. The molecule has 0 unspecified atom stereocenters. The van der Waals surface area contributed by atoms with Gasteiger partial charge in [-0.2, -0.15) is 11.8 Å². The molecule has 1 saturated heterocycles. The molecule has 29 heavy (non-hydrogen) atoms. The molecule has 0 aliphatic carbocycles. The Morgan fingerprint density at radius 3 is 2.48 bits per heavy atom. The van der Waals surface area contributed by atoms with Gasteiger partial charge in [0.05, 0.1) is 5.56 Å². The summed E-state index contributed by atoms with van der Waals surface area (Å²) < 4.78 is 11.4. The molecule has 4 aromatic rings. The summed E-state index contributed by atoms with van der Waals surface area (Å²) in [5, 5.41) is 12.6. The molecule has 5 rings (SSSR count). The van der Waals surface area contributed by atoms with Crippen LogP contribution in [0.3, 0.4) is 0 Å². The Hall–Kier alpha value is -3.13. The standard InChI is InChI=1S/C21H19N5O2S/c1-14-18(19(25-28-14)15-5-3-2-4-6-15)21-24-23-20(27-21)16-7-8-17(22-13-16)26-9-11-29-12-10-26/h2-8,13H,9-12H2,1H3. The molecule has 0 atom stereocenters. The van der Waals surface area contributed by atoms with Crippen LogP contribution in [0.4, 0.5) is 5.82 Å². The van der Waals surface area contributed by atoms with Gasteiger partial charge >= 0.3 is 0 Å². The second-order valence-corrected chi connectivity index (χ2v) is 7.97. The molecule has 0 bridgehead atoms. The zero-order valence-corrected chi connectivity index (χ0v) is 16.7. The van der Waals surface area contributed by atoms with Crippen molar-refractivity contribution in [1.29, 1.82) is 0 Å². The third-order valence-corrected chi connectivity index (χ3v) is 5.82. The number of hydrogen-bond donors (Lipinski definition) is 0. The van der Waals surface area contributed by atoms with Gasteiger partial charge in [0, 0.05) is 36.4 Å². The van der Waals surface area contributed by atoms with Gasteiger partial charge in [-0.15, -0.1) is 10.2 Å². The van der Waals surface area contributed by atoms with E-state index in [1.54, 1.807) is 6.20 Å². The summed E-state index contributed by atoms with van der Waals surface area (Å²) in [5.74, 6) is 4.70. The lowest BCUT2D eigenvalue weighted by atomic mass is 10.1. The van der Waals surface area contributed by atoms with Crippen LogP contribution in [0.15, 0.2) is 57.6 Å². The van der Waals surface area contributed by atoms with E-state index in [9.17, 15) is 0 Å². The molecule has 0 saturated carbocycles. The summed E-state index contributed by atoms with van der Waals surface area (Å²) in [6, 6.07) is 13.8. The highest BCUT2D eigenvalue weighted by molar-refractivity contribution is 7.99. The van der Waals surface area contributed by atoms with Crippen LogP contribution < -0.4 is 4.90 Å². The molecule has 0 spiro atoms. The van der Waals surface area contributed by atoms with Crippen molar-refractivity contribution in [2.45, 2.75) is 6.92 Å². The van der Waals surface area contributed by atoms with Crippen molar-refractivity contribution in [1.82, 2.24) is 20.3 Å². The summed E-state index contributed by atoms with van der Waals surface area (Å²) in [7, 11) is 0. The second kappa shape index (κ2) is 7.71. The molecule has 0 radical (unpaired) electrons. The average Bonchev–Trinajstić information content (AvgIpc) is 3.42. The van der Waals surface area contributed by atoms with Crippen LogP contribution in [0, 0.1) is 6.92 Å². The highest BCUT2D eigenvalue weighted by atomic mass is 32.2. The van der Waals surface area contributed by atoms with E-state index in [-0.39, 0.29) is 0 Å². The molecule has 7 nitrogen and oxygen atoms in total. The largest absolute Gasteiger partial charge is 0.416 e. The predicted molar refractivity (Wildman–Crippen MR) is 113 cm³/mol. The minimum absolute atomic E-state index is 0.384. The molecule has 0 amide bonds. The number of nitrogens with zero attached hydrogens (tertiary/aromatic N) is 5. The summed E-state index contributed by atoms with van der Waals surface area (Å²) in [6.45, 7) is 3.89. The highest BCUT2D eigenvalue weighted by Gasteiger charge is 2.22. The van der Waals surface area contributed by atoms with Crippen molar-refractivity contribution in [2.24, 2.45) is 0 Å². The first-order chi connectivity index (χ1) is 14.3. The fourth-order valence-electron chi connectivity index (χ4n) is 3.35. The van der Waals surface area contributed by atoms with Crippen LogP contribution >= 0.6 is 11.8 Å². The molecule has 8 heteroatoms.